The number of aromatic nitrogens is 2. The molecule has 2 saturated carbocycles. The van der Waals surface area contributed by atoms with Crippen LogP contribution in [-0.2, 0) is 11.8 Å². The molecule has 1 amide bonds. The number of nitrogens with zero attached hydrogens (tertiary/aromatic N) is 2. The van der Waals surface area contributed by atoms with Crippen LogP contribution < -0.4 is 5.32 Å². The van der Waals surface area contributed by atoms with Gasteiger partial charge in [-0.2, -0.15) is 5.10 Å². The molecule has 0 aliphatic heterocycles. The fourth-order valence-corrected chi connectivity index (χ4v) is 3.32. The Kier molecular flexibility index (Phi) is 3.93. The summed E-state index contributed by atoms with van der Waals surface area (Å²) >= 11 is 0. The summed E-state index contributed by atoms with van der Waals surface area (Å²) in [5, 5.41) is 16.5. The summed E-state index contributed by atoms with van der Waals surface area (Å²) in [6.07, 6.45) is 8.82. The number of rotatable bonds is 5. The number of hydrogen-bond donors (Lipinski definition) is 2. The van der Waals surface area contributed by atoms with E-state index < -0.39 is 11.4 Å². The number of hydrogen-bond acceptors (Lipinski definition) is 3. The van der Waals surface area contributed by atoms with Gasteiger partial charge in [0.25, 0.3) is 5.91 Å². The number of amides is 1. The van der Waals surface area contributed by atoms with E-state index in [1.165, 1.54) is 19.3 Å². The van der Waals surface area contributed by atoms with E-state index in [1.807, 2.05) is 7.05 Å². The molecule has 1 aromatic rings. The minimum Gasteiger partial charge on any atom is -0.481 e. The quantitative estimate of drug-likeness (QED) is 0.872. The fraction of sp³-hybridized carbons (Fsp3) is 0.688. The second-order valence-corrected chi connectivity index (χ2v) is 6.70. The molecule has 0 saturated heterocycles. The molecule has 2 aliphatic rings. The molecule has 22 heavy (non-hydrogen) atoms. The highest BCUT2D eigenvalue weighted by molar-refractivity contribution is 5.95. The second kappa shape index (κ2) is 5.74. The second-order valence-electron chi connectivity index (χ2n) is 6.70. The maximum atomic E-state index is 12.5. The van der Waals surface area contributed by atoms with Crippen LogP contribution in [0.4, 0.5) is 0 Å². The molecule has 120 valence electrons. The van der Waals surface area contributed by atoms with E-state index in [4.69, 9.17) is 0 Å². The Morgan fingerprint density at radius 1 is 1.36 bits per heavy atom. The van der Waals surface area contributed by atoms with Crippen LogP contribution in [0.2, 0.25) is 0 Å². The van der Waals surface area contributed by atoms with Crippen LogP contribution in [0.5, 0.6) is 0 Å². The molecule has 0 radical (unpaired) electrons. The lowest BCUT2D eigenvalue weighted by atomic mass is 9.85. The number of aliphatic carboxylic acids is 1. The van der Waals surface area contributed by atoms with E-state index >= 15 is 0 Å². The normalized spacial score (nSPS) is 20.6. The summed E-state index contributed by atoms with van der Waals surface area (Å²) in [6, 6.07) is 0. The molecule has 1 aromatic heterocycles. The van der Waals surface area contributed by atoms with E-state index in [-0.39, 0.29) is 12.5 Å². The van der Waals surface area contributed by atoms with Crippen LogP contribution in [0.15, 0.2) is 6.20 Å². The number of aryl methyl sites for hydroxylation is 1. The zero-order chi connectivity index (χ0) is 15.7. The maximum Gasteiger partial charge on any atom is 0.311 e. The molecule has 0 atom stereocenters. The standard InChI is InChI=1S/C16H23N3O3/c1-19-9-12(13(18-19)11-5-3-2-4-6-11)14(20)17-10-16(7-8-16)15(21)22/h9,11H,2-8,10H2,1H3,(H,17,20)(H,21,22). The van der Waals surface area contributed by atoms with Crippen molar-refractivity contribution in [3.05, 3.63) is 17.5 Å². The first-order valence-electron chi connectivity index (χ1n) is 8.07. The van der Waals surface area contributed by atoms with Gasteiger partial charge in [-0.25, -0.2) is 0 Å². The predicted molar refractivity (Wildman–Crippen MR) is 80.7 cm³/mol. The van der Waals surface area contributed by atoms with Crippen LogP contribution in [0.25, 0.3) is 0 Å². The van der Waals surface area contributed by atoms with Crippen LogP contribution in [0, 0.1) is 5.41 Å². The molecule has 0 bridgehead atoms. The molecule has 6 heteroatoms. The molecule has 2 N–H and O–H groups in total. The summed E-state index contributed by atoms with van der Waals surface area (Å²) in [7, 11) is 1.82. The van der Waals surface area contributed by atoms with Gasteiger partial charge < -0.3 is 10.4 Å². The van der Waals surface area contributed by atoms with Crippen molar-refractivity contribution in [3.63, 3.8) is 0 Å². The zero-order valence-electron chi connectivity index (χ0n) is 13.0. The van der Waals surface area contributed by atoms with Gasteiger partial charge in [0.15, 0.2) is 0 Å². The Morgan fingerprint density at radius 3 is 2.64 bits per heavy atom. The summed E-state index contributed by atoms with van der Waals surface area (Å²) in [5.41, 5.74) is 0.749. The van der Waals surface area contributed by atoms with Gasteiger partial charge in [-0.15, -0.1) is 0 Å². The molecule has 2 aliphatic carbocycles. The van der Waals surface area contributed by atoms with Crippen molar-refractivity contribution < 1.29 is 14.7 Å². The van der Waals surface area contributed by atoms with Crippen LogP contribution >= 0.6 is 0 Å². The highest BCUT2D eigenvalue weighted by Crippen LogP contribution is 2.45. The third-order valence-electron chi connectivity index (χ3n) is 4.99. The smallest absolute Gasteiger partial charge is 0.311 e. The van der Waals surface area contributed by atoms with E-state index in [0.717, 1.165) is 18.5 Å². The largest absolute Gasteiger partial charge is 0.481 e. The Balaban J connectivity index is 1.70. The Morgan fingerprint density at radius 2 is 2.05 bits per heavy atom. The first-order valence-corrected chi connectivity index (χ1v) is 8.07. The minimum atomic E-state index is -0.813. The van der Waals surface area contributed by atoms with E-state index in [2.05, 4.69) is 10.4 Å². The van der Waals surface area contributed by atoms with Crippen molar-refractivity contribution in [2.75, 3.05) is 6.54 Å². The van der Waals surface area contributed by atoms with Crippen LogP contribution in [0.1, 0.15) is 66.9 Å². The van der Waals surface area contributed by atoms with Crippen molar-refractivity contribution in [2.24, 2.45) is 12.5 Å². The average molecular weight is 305 g/mol. The van der Waals surface area contributed by atoms with Gasteiger partial charge in [0.05, 0.1) is 16.7 Å². The molecule has 0 spiro atoms. The Labute approximate surface area is 129 Å². The molecule has 0 aromatic carbocycles. The summed E-state index contributed by atoms with van der Waals surface area (Å²) in [6.45, 7) is 0.208. The molecule has 1 heterocycles. The molecular formula is C16H23N3O3. The van der Waals surface area contributed by atoms with Crippen molar-refractivity contribution in [2.45, 2.75) is 50.9 Å². The number of carbonyl (C=O) groups excluding carboxylic acids is 1. The SMILES string of the molecule is Cn1cc(C(=O)NCC2(C(=O)O)CC2)c(C2CCCCC2)n1. The topological polar surface area (TPSA) is 84.2 Å². The van der Waals surface area contributed by atoms with E-state index in [0.29, 0.717) is 24.3 Å². The van der Waals surface area contributed by atoms with Crippen molar-refractivity contribution in [3.8, 4) is 0 Å². The third kappa shape index (κ3) is 2.87. The lowest BCUT2D eigenvalue weighted by molar-refractivity contribution is -0.143. The summed E-state index contributed by atoms with van der Waals surface area (Å²) < 4.78 is 1.68. The van der Waals surface area contributed by atoms with Crippen LogP contribution in [-0.4, -0.2) is 33.3 Å². The van der Waals surface area contributed by atoms with Gasteiger partial charge in [0, 0.05) is 25.7 Å². The van der Waals surface area contributed by atoms with Gasteiger partial charge in [-0.05, 0) is 25.7 Å². The Bertz CT molecular complexity index is 583. The zero-order valence-corrected chi connectivity index (χ0v) is 13.0. The monoisotopic (exact) mass is 305 g/mol. The molecule has 0 unspecified atom stereocenters. The number of carbonyl (C=O) groups is 2. The molecule has 3 rings (SSSR count). The highest BCUT2D eigenvalue weighted by Gasteiger charge is 2.50. The van der Waals surface area contributed by atoms with Gasteiger partial charge in [-0.3, -0.25) is 14.3 Å². The average Bonchev–Trinajstić information content (AvgIpc) is 3.22. The Hall–Kier alpha value is -1.85. The molecular weight excluding hydrogens is 282 g/mol. The summed E-state index contributed by atoms with van der Waals surface area (Å²) in [5.74, 6) is -0.655. The summed E-state index contributed by atoms with van der Waals surface area (Å²) in [4.78, 5) is 23.6. The minimum absolute atomic E-state index is 0.193. The lowest BCUT2D eigenvalue weighted by Crippen LogP contribution is -2.34. The predicted octanol–water partition coefficient (Wildman–Crippen LogP) is 2.06. The van der Waals surface area contributed by atoms with Gasteiger partial charge in [-0.1, -0.05) is 19.3 Å². The number of nitrogens with one attached hydrogen (secondary N) is 1. The molecule has 2 fully saturated rings. The fourth-order valence-electron chi connectivity index (χ4n) is 3.32. The van der Waals surface area contributed by atoms with Gasteiger partial charge in [0.2, 0.25) is 0 Å². The van der Waals surface area contributed by atoms with Crippen molar-refractivity contribution in [1.82, 2.24) is 15.1 Å². The van der Waals surface area contributed by atoms with Crippen LogP contribution in [0.3, 0.4) is 0 Å². The first-order chi connectivity index (χ1) is 10.5. The van der Waals surface area contributed by atoms with Crippen molar-refractivity contribution in [1.29, 1.82) is 0 Å². The third-order valence-corrected chi connectivity index (χ3v) is 4.99. The van der Waals surface area contributed by atoms with Crippen molar-refractivity contribution >= 4 is 11.9 Å². The highest BCUT2D eigenvalue weighted by atomic mass is 16.4. The van der Waals surface area contributed by atoms with E-state index in [1.54, 1.807) is 10.9 Å². The van der Waals surface area contributed by atoms with Gasteiger partial charge >= 0.3 is 5.97 Å². The number of carboxylic acid groups (broad SMARTS) is 1. The first kappa shape index (κ1) is 15.1. The number of carboxylic acids is 1. The lowest BCUT2D eigenvalue weighted by Gasteiger charge is -2.20. The van der Waals surface area contributed by atoms with E-state index in [9.17, 15) is 14.7 Å². The molecule has 6 nitrogen and oxygen atoms in total. The van der Waals surface area contributed by atoms with Gasteiger partial charge in [0.1, 0.15) is 0 Å². The maximum absolute atomic E-state index is 12.5.